The van der Waals surface area contributed by atoms with Crippen LogP contribution in [0, 0.1) is 0 Å². The van der Waals surface area contributed by atoms with Crippen LogP contribution in [-0.4, -0.2) is 17.1 Å². The number of hydrogen-bond acceptors (Lipinski definition) is 2. The van der Waals surface area contributed by atoms with E-state index in [4.69, 9.17) is 0 Å². The minimum Gasteiger partial charge on any atom is -0.478 e. The van der Waals surface area contributed by atoms with Crippen LogP contribution in [0.4, 0.5) is 5.69 Å². The summed E-state index contributed by atoms with van der Waals surface area (Å²) in [5.74, 6) is -0.325. The van der Waals surface area contributed by atoms with Gasteiger partial charge in [-0.2, -0.15) is 0 Å². The van der Waals surface area contributed by atoms with Gasteiger partial charge in [-0.25, -0.2) is 4.79 Å². The lowest BCUT2D eigenvalue weighted by Crippen LogP contribution is -2.34. The molecule has 0 aromatic heterocycles. The Morgan fingerprint density at radius 2 is 1.76 bits per heavy atom. The van der Waals surface area contributed by atoms with Gasteiger partial charge in [-0.05, 0) is 48.6 Å². The highest BCUT2D eigenvalue weighted by atomic mass is 79.9. The molecule has 0 aliphatic heterocycles. The maximum Gasteiger partial charge on any atom is 0.337 e. The molecule has 1 aliphatic carbocycles. The van der Waals surface area contributed by atoms with E-state index >= 15 is 0 Å². The molecule has 3 rings (SSSR count). The van der Waals surface area contributed by atoms with Crippen LogP contribution in [0.1, 0.15) is 34.7 Å². The normalized spacial score (nSPS) is 20.6. The monoisotopic (exact) mass is 345 g/mol. The second-order valence-electron chi connectivity index (χ2n) is 5.41. The van der Waals surface area contributed by atoms with Crippen molar-refractivity contribution in [3.05, 3.63) is 64.1 Å². The molecule has 4 heteroatoms. The number of halogens is 1. The van der Waals surface area contributed by atoms with Crippen LogP contribution >= 0.6 is 15.9 Å². The van der Waals surface area contributed by atoms with Crippen molar-refractivity contribution in [1.29, 1.82) is 0 Å². The third kappa shape index (κ3) is 3.10. The molecule has 1 saturated carbocycles. The fourth-order valence-corrected chi connectivity index (χ4v) is 3.02. The Labute approximate surface area is 132 Å². The number of carboxylic acids is 1. The number of benzene rings is 2. The van der Waals surface area contributed by atoms with Crippen LogP contribution in [-0.2, 0) is 0 Å². The molecule has 21 heavy (non-hydrogen) atoms. The molecule has 2 aromatic rings. The highest BCUT2D eigenvalue weighted by Gasteiger charge is 2.30. The van der Waals surface area contributed by atoms with Gasteiger partial charge in [0, 0.05) is 16.2 Å². The molecule has 108 valence electrons. The van der Waals surface area contributed by atoms with Gasteiger partial charge in [0.15, 0.2) is 0 Å². The van der Waals surface area contributed by atoms with E-state index in [1.807, 2.05) is 12.1 Å². The topological polar surface area (TPSA) is 49.3 Å². The molecule has 0 amide bonds. The molecule has 0 saturated heterocycles. The lowest BCUT2D eigenvalue weighted by Gasteiger charge is -2.37. The summed E-state index contributed by atoms with van der Waals surface area (Å²) in [6.07, 6.45) is 2.07. The minimum absolute atomic E-state index is 0.338. The Hall–Kier alpha value is -1.81. The molecule has 0 bridgehead atoms. The van der Waals surface area contributed by atoms with Gasteiger partial charge < -0.3 is 10.4 Å². The van der Waals surface area contributed by atoms with Gasteiger partial charge in [0.25, 0.3) is 0 Å². The van der Waals surface area contributed by atoms with E-state index in [1.54, 1.807) is 12.1 Å². The number of rotatable bonds is 4. The summed E-state index contributed by atoms with van der Waals surface area (Å²) in [5, 5.41) is 12.5. The Morgan fingerprint density at radius 3 is 2.43 bits per heavy atom. The molecule has 0 radical (unpaired) electrons. The van der Waals surface area contributed by atoms with E-state index < -0.39 is 5.97 Å². The number of carboxylic acid groups (broad SMARTS) is 1. The maximum atomic E-state index is 11.2. The summed E-state index contributed by atoms with van der Waals surface area (Å²) in [7, 11) is 0. The number of aromatic carboxylic acids is 1. The zero-order valence-electron chi connectivity index (χ0n) is 11.4. The lowest BCUT2D eigenvalue weighted by molar-refractivity contribution is 0.0698. The average molecular weight is 346 g/mol. The smallest absolute Gasteiger partial charge is 0.337 e. The van der Waals surface area contributed by atoms with Crippen LogP contribution in [0.15, 0.2) is 53.0 Å². The maximum absolute atomic E-state index is 11.2. The van der Waals surface area contributed by atoms with Gasteiger partial charge in [0.2, 0.25) is 0 Å². The van der Waals surface area contributed by atoms with Crippen LogP contribution in [0.5, 0.6) is 0 Å². The van der Waals surface area contributed by atoms with Crippen LogP contribution in [0.2, 0.25) is 0 Å². The molecule has 1 aliphatic rings. The van der Waals surface area contributed by atoms with Crippen LogP contribution < -0.4 is 5.32 Å². The van der Waals surface area contributed by atoms with Crippen molar-refractivity contribution < 1.29 is 9.90 Å². The second kappa shape index (κ2) is 5.90. The quantitative estimate of drug-likeness (QED) is 0.857. The predicted octanol–water partition coefficient (Wildman–Crippen LogP) is 4.51. The van der Waals surface area contributed by atoms with Gasteiger partial charge in [0.1, 0.15) is 0 Å². The lowest BCUT2D eigenvalue weighted by atomic mass is 9.76. The summed E-state index contributed by atoms with van der Waals surface area (Å²) in [6, 6.07) is 15.8. The van der Waals surface area contributed by atoms with Crippen molar-refractivity contribution in [1.82, 2.24) is 0 Å². The third-order valence-corrected chi connectivity index (χ3v) is 4.53. The molecule has 0 heterocycles. The van der Waals surface area contributed by atoms with Gasteiger partial charge in [0.05, 0.1) is 5.56 Å². The number of nitrogens with one attached hydrogen (secondary N) is 1. The molecule has 2 N–H and O–H groups in total. The second-order valence-corrected chi connectivity index (χ2v) is 6.33. The molecule has 2 aromatic carbocycles. The first-order chi connectivity index (χ1) is 10.1. The Bertz CT molecular complexity index is 648. The summed E-state index contributed by atoms with van der Waals surface area (Å²) >= 11 is 3.44. The van der Waals surface area contributed by atoms with Gasteiger partial charge in [-0.15, -0.1) is 0 Å². The SMILES string of the molecule is O=C(O)c1ccccc1NC1CC(c2ccc(Br)cc2)C1. The van der Waals surface area contributed by atoms with Crippen molar-refractivity contribution in [2.24, 2.45) is 0 Å². The zero-order chi connectivity index (χ0) is 14.8. The zero-order valence-corrected chi connectivity index (χ0v) is 13.0. The molecule has 0 unspecified atom stereocenters. The third-order valence-electron chi connectivity index (χ3n) is 4.00. The first-order valence-electron chi connectivity index (χ1n) is 6.98. The average Bonchev–Trinajstić information content (AvgIpc) is 2.44. The van der Waals surface area contributed by atoms with Crippen LogP contribution in [0.25, 0.3) is 0 Å². The standard InChI is InChI=1S/C17H16BrNO2/c18-13-7-5-11(6-8-13)12-9-14(10-12)19-16-4-2-1-3-15(16)17(20)21/h1-8,12,14,19H,9-10H2,(H,20,21). The Kier molecular flexibility index (Phi) is 3.97. The molecule has 1 fully saturated rings. The van der Waals surface area contributed by atoms with E-state index in [0.29, 0.717) is 23.2 Å². The fourth-order valence-electron chi connectivity index (χ4n) is 2.76. The van der Waals surface area contributed by atoms with E-state index in [2.05, 4.69) is 45.5 Å². The largest absolute Gasteiger partial charge is 0.478 e. The van der Waals surface area contributed by atoms with Crippen molar-refractivity contribution in [3.8, 4) is 0 Å². The number of anilines is 1. The van der Waals surface area contributed by atoms with Crippen molar-refractivity contribution in [2.75, 3.05) is 5.32 Å². The molecule has 0 atom stereocenters. The van der Waals surface area contributed by atoms with E-state index in [-0.39, 0.29) is 0 Å². The summed E-state index contributed by atoms with van der Waals surface area (Å²) in [5.41, 5.74) is 2.40. The van der Waals surface area contributed by atoms with E-state index in [1.165, 1.54) is 5.56 Å². The number of carbonyl (C=O) groups is 1. The highest BCUT2D eigenvalue weighted by molar-refractivity contribution is 9.10. The first-order valence-corrected chi connectivity index (χ1v) is 7.77. The molecule has 3 nitrogen and oxygen atoms in total. The van der Waals surface area contributed by atoms with Gasteiger partial charge in [-0.1, -0.05) is 40.2 Å². The number of para-hydroxylation sites is 1. The highest BCUT2D eigenvalue weighted by Crippen LogP contribution is 2.39. The Morgan fingerprint density at radius 1 is 1.10 bits per heavy atom. The van der Waals surface area contributed by atoms with E-state index in [0.717, 1.165) is 17.3 Å². The van der Waals surface area contributed by atoms with Gasteiger partial charge >= 0.3 is 5.97 Å². The summed E-state index contributed by atoms with van der Waals surface area (Å²) < 4.78 is 1.09. The molecular weight excluding hydrogens is 330 g/mol. The number of hydrogen-bond donors (Lipinski definition) is 2. The van der Waals surface area contributed by atoms with Crippen LogP contribution in [0.3, 0.4) is 0 Å². The summed E-state index contributed by atoms with van der Waals surface area (Å²) in [4.78, 5) is 11.2. The minimum atomic E-state index is -0.887. The van der Waals surface area contributed by atoms with Crippen molar-refractivity contribution in [3.63, 3.8) is 0 Å². The molecular formula is C17H16BrNO2. The Balaban J connectivity index is 1.62. The molecule has 0 spiro atoms. The van der Waals surface area contributed by atoms with E-state index in [9.17, 15) is 9.90 Å². The summed E-state index contributed by atoms with van der Waals surface area (Å²) in [6.45, 7) is 0. The fraction of sp³-hybridized carbons (Fsp3) is 0.235. The van der Waals surface area contributed by atoms with Crippen molar-refractivity contribution in [2.45, 2.75) is 24.8 Å². The van der Waals surface area contributed by atoms with Gasteiger partial charge in [-0.3, -0.25) is 0 Å². The first kappa shape index (κ1) is 14.1. The van der Waals surface area contributed by atoms with Crippen molar-refractivity contribution >= 4 is 27.6 Å². The predicted molar refractivity (Wildman–Crippen MR) is 86.9 cm³/mol.